The number of rotatable bonds is 7. The Balaban J connectivity index is 0.00000312. The Morgan fingerprint density at radius 3 is 2.68 bits per heavy atom. The van der Waals surface area contributed by atoms with Crippen LogP contribution in [0.5, 0.6) is 0 Å². The second-order valence-corrected chi connectivity index (χ2v) is 5.81. The quantitative estimate of drug-likeness (QED) is 0.289. The lowest BCUT2D eigenvalue weighted by molar-refractivity contribution is 0.588. The fourth-order valence-corrected chi connectivity index (χ4v) is 2.48. The molecule has 0 bridgehead atoms. The van der Waals surface area contributed by atoms with Crippen molar-refractivity contribution in [3.05, 3.63) is 53.4 Å². The maximum Gasteiger partial charge on any atom is 0.191 e. The first-order valence-electron chi connectivity index (χ1n) is 8.27. The number of hydrogen-bond acceptors (Lipinski definition) is 2. The van der Waals surface area contributed by atoms with Gasteiger partial charge in [0.1, 0.15) is 11.6 Å². The Bertz CT molecular complexity index is 684. The van der Waals surface area contributed by atoms with Gasteiger partial charge in [-0.1, -0.05) is 12.1 Å². The van der Waals surface area contributed by atoms with Crippen molar-refractivity contribution in [3.63, 3.8) is 0 Å². The molecule has 5 nitrogen and oxygen atoms in total. The Hall–Kier alpha value is -1.64. The lowest BCUT2D eigenvalue weighted by Crippen LogP contribution is -2.37. The summed E-state index contributed by atoms with van der Waals surface area (Å²) in [6.45, 7) is 6.24. The first-order chi connectivity index (χ1) is 11.6. The molecule has 0 fully saturated rings. The van der Waals surface area contributed by atoms with Crippen LogP contribution in [0, 0.1) is 19.7 Å². The number of aliphatic imine (C=N–C) groups is 1. The van der Waals surface area contributed by atoms with Crippen LogP contribution in [0.1, 0.15) is 29.8 Å². The van der Waals surface area contributed by atoms with Crippen molar-refractivity contribution in [2.24, 2.45) is 4.99 Å². The summed E-state index contributed by atoms with van der Waals surface area (Å²) in [6.07, 6.45) is 5.97. The summed E-state index contributed by atoms with van der Waals surface area (Å²) in [5.41, 5.74) is 1.69. The van der Waals surface area contributed by atoms with Gasteiger partial charge in [0.2, 0.25) is 0 Å². The van der Waals surface area contributed by atoms with E-state index in [0.717, 1.165) is 43.3 Å². The molecule has 2 rings (SSSR count). The minimum atomic E-state index is -0.172. The van der Waals surface area contributed by atoms with Crippen molar-refractivity contribution < 1.29 is 4.39 Å². The second kappa shape index (κ2) is 11.1. The number of aryl methyl sites for hydroxylation is 3. The smallest absolute Gasteiger partial charge is 0.191 e. The van der Waals surface area contributed by atoms with E-state index in [4.69, 9.17) is 0 Å². The molecule has 2 N–H and O–H groups in total. The van der Waals surface area contributed by atoms with Crippen LogP contribution in [0.25, 0.3) is 0 Å². The third-order valence-electron chi connectivity index (χ3n) is 3.95. The normalized spacial score (nSPS) is 11.1. The molecule has 7 heteroatoms. The average Bonchev–Trinajstić information content (AvgIpc) is 2.98. The predicted molar refractivity (Wildman–Crippen MR) is 111 cm³/mol. The summed E-state index contributed by atoms with van der Waals surface area (Å²) in [6, 6.07) is 5.14. The van der Waals surface area contributed by atoms with Crippen molar-refractivity contribution in [2.75, 3.05) is 13.6 Å². The van der Waals surface area contributed by atoms with Gasteiger partial charge in [-0.2, -0.15) is 0 Å². The van der Waals surface area contributed by atoms with Crippen molar-refractivity contribution in [2.45, 2.75) is 39.8 Å². The summed E-state index contributed by atoms with van der Waals surface area (Å²) in [4.78, 5) is 8.43. The molecule has 2 aromatic rings. The van der Waals surface area contributed by atoms with E-state index in [-0.39, 0.29) is 29.8 Å². The van der Waals surface area contributed by atoms with Gasteiger partial charge in [0, 0.05) is 39.1 Å². The van der Waals surface area contributed by atoms with E-state index in [1.54, 1.807) is 20.0 Å². The van der Waals surface area contributed by atoms with Crippen LogP contribution in [0.15, 0.2) is 35.6 Å². The SMILES string of the molecule is CN=C(NCCCCn1ccnc1C)NCc1ccc(F)c(C)c1.I. The molecule has 0 aliphatic heterocycles. The van der Waals surface area contributed by atoms with E-state index < -0.39 is 0 Å². The number of nitrogens with zero attached hydrogens (tertiary/aromatic N) is 3. The number of unbranched alkanes of at least 4 members (excludes halogenated alkanes) is 1. The molecule has 0 aliphatic carbocycles. The zero-order valence-electron chi connectivity index (χ0n) is 15.1. The molecule has 25 heavy (non-hydrogen) atoms. The number of aromatic nitrogens is 2. The van der Waals surface area contributed by atoms with Gasteiger partial charge in [0.25, 0.3) is 0 Å². The molecule has 0 radical (unpaired) electrons. The topological polar surface area (TPSA) is 54.2 Å². The van der Waals surface area contributed by atoms with Crippen LogP contribution in [0.4, 0.5) is 4.39 Å². The highest BCUT2D eigenvalue weighted by atomic mass is 127. The maximum atomic E-state index is 13.3. The molecule has 0 aliphatic rings. The highest BCUT2D eigenvalue weighted by molar-refractivity contribution is 14.0. The van der Waals surface area contributed by atoms with Crippen LogP contribution in [-0.2, 0) is 13.1 Å². The summed E-state index contributed by atoms with van der Waals surface area (Å²) in [5.74, 6) is 1.64. The van der Waals surface area contributed by atoms with Crippen LogP contribution >= 0.6 is 24.0 Å². The second-order valence-electron chi connectivity index (χ2n) is 5.81. The average molecular weight is 459 g/mol. The number of guanidine groups is 1. The van der Waals surface area contributed by atoms with E-state index in [0.29, 0.717) is 12.1 Å². The monoisotopic (exact) mass is 459 g/mol. The summed E-state index contributed by atoms with van der Waals surface area (Å²) >= 11 is 0. The van der Waals surface area contributed by atoms with Gasteiger partial charge in [-0.3, -0.25) is 4.99 Å². The largest absolute Gasteiger partial charge is 0.356 e. The fraction of sp³-hybridized carbons (Fsp3) is 0.444. The van der Waals surface area contributed by atoms with E-state index in [2.05, 4.69) is 25.2 Å². The molecule has 0 spiro atoms. The van der Waals surface area contributed by atoms with E-state index >= 15 is 0 Å². The zero-order chi connectivity index (χ0) is 17.4. The molecule has 1 aromatic heterocycles. The summed E-state index contributed by atoms with van der Waals surface area (Å²) < 4.78 is 15.4. The summed E-state index contributed by atoms with van der Waals surface area (Å²) in [5, 5.41) is 6.55. The van der Waals surface area contributed by atoms with Gasteiger partial charge in [0.15, 0.2) is 5.96 Å². The van der Waals surface area contributed by atoms with Gasteiger partial charge in [-0.25, -0.2) is 9.37 Å². The standard InChI is InChI=1S/C18H26FN5.HI/c1-14-12-16(6-7-17(14)19)13-23-18(20-3)22-8-4-5-10-24-11-9-21-15(24)2;/h6-7,9,11-12H,4-5,8,10,13H2,1-3H3,(H2,20,22,23);1H. The van der Waals surface area contributed by atoms with Crippen molar-refractivity contribution in [1.29, 1.82) is 0 Å². The molecule has 0 amide bonds. The number of hydrogen-bond donors (Lipinski definition) is 2. The highest BCUT2D eigenvalue weighted by Crippen LogP contribution is 2.08. The lowest BCUT2D eigenvalue weighted by atomic mass is 10.1. The van der Waals surface area contributed by atoms with Crippen LogP contribution < -0.4 is 10.6 Å². The Labute approximate surface area is 166 Å². The number of imidazole rings is 1. The summed E-state index contributed by atoms with van der Waals surface area (Å²) in [7, 11) is 1.75. The van der Waals surface area contributed by atoms with E-state index in [1.165, 1.54) is 6.07 Å². The molecule has 0 saturated carbocycles. The molecular formula is C18H27FIN5. The van der Waals surface area contributed by atoms with Crippen LogP contribution in [-0.4, -0.2) is 29.1 Å². The Morgan fingerprint density at radius 1 is 1.24 bits per heavy atom. The van der Waals surface area contributed by atoms with E-state index in [9.17, 15) is 4.39 Å². The molecule has 1 aromatic carbocycles. The minimum Gasteiger partial charge on any atom is -0.356 e. The lowest BCUT2D eigenvalue weighted by Gasteiger charge is -2.12. The minimum absolute atomic E-state index is 0. The Morgan fingerprint density at radius 2 is 2.04 bits per heavy atom. The van der Waals surface area contributed by atoms with Crippen molar-refractivity contribution in [1.82, 2.24) is 20.2 Å². The molecule has 0 atom stereocenters. The number of nitrogens with one attached hydrogen (secondary N) is 2. The first kappa shape index (κ1) is 21.4. The first-order valence-corrected chi connectivity index (χ1v) is 8.27. The van der Waals surface area contributed by atoms with Gasteiger partial charge >= 0.3 is 0 Å². The molecular weight excluding hydrogens is 432 g/mol. The van der Waals surface area contributed by atoms with Gasteiger partial charge in [-0.15, -0.1) is 24.0 Å². The van der Waals surface area contributed by atoms with Crippen LogP contribution in [0.3, 0.4) is 0 Å². The third kappa shape index (κ3) is 7.01. The number of benzene rings is 1. The van der Waals surface area contributed by atoms with Crippen molar-refractivity contribution in [3.8, 4) is 0 Å². The molecule has 138 valence electrons. The number of halogens is 2. The van der Waals surface area contributed by atoms with Gasteiger partial charge < -0.3 is 15.2 Å². The molecule has 0 unspecified atom stereocenters. The van der Waals surface area contributed by atoms with Gasteiger partial charge in [-0.05, 0) is 43.9 Å². The van der Waals surface area contributed by atoms with Crippen LogP contribution in [0.2, 0.25) is 0 Å². The third-order valence-corrected chi connectivity index (χ3v) is 3.95. The maximum absolute atomic E-state index is 13.3. The zero-order valence-corrected chi connectivity index (χ0v) is 17.4. The Kier molecular flexibility index (Phi) is 9.48. The molecule has 0 saturated heterocycles. The van der Waals surface area contributed by atoms with Crippen molar-refractivity contribution >= 4 is 29.9 Å². The molecule has 1 heterocycles. The fourth-order valence-electron chi connectivity index (χ4n) is 2.48. The predicted octanol–water partition coefficient (Wildman–Crippen LogP) is 3.40. The van der Waals surface area contributed by atoms with Gasteiger partial charge in [0.05, 0.1) is 0 Å². The highest BCUT2D eigenvalue weighted by Gasteiger charge is 2.02. The van der Waals surface area contributed by atoms with E-state index in [1.807, 2.05) is 25.4 Å².